The Bertz CT molecular complexity index is 913. The highest BCUT2D eigenvalue weighted by molar-refractivity contribution is 5.74. The summed E-state index contributed by atoms with van der Waals surface area (Å²) in [6.45, 7) is 0.425. The Kier molecular flexibility index (Phi) is 3.27. The van der Waals surface area contributed by atoms with Crippen LogP contribution in [0, 0.1) is 5.82 Å². The first-order chi connectivity index (χ1) is 11.3. The molecule has 0 aliphatic heterocycles. The van der Waals surface area contributed by atoms with E-state index < -0.39 is 0 Å². The zero-order chi connectivity index (χ0) is 15.6. The van der Waals surface area contributed by atoms with Crippen molar-refractivity contribution in [2.45, 2.75) is 6.54 Å². The highest BCUT2D eigenvalue weighted by atomic mass is 19.1. The summed E-state index contributed by atoms with van der Waals surface area (Å²) >= 11 is 0. The molecular formula is C17H13FN4O. The molecule has 0 saturated carbocycles. The summed E-state index contributed by atoms with van der Waals surface area (Å²) in [7, 11) is 0. The number of benzene rings is 2. The number of halogens is 1. The first kappa shape index (κ1) is 13.5. The number of imidazole rings is 1. The van der Waals surface area contributed by atoms with Gasteiger partial charge in [-0.2, -0.15) is 4.98 Å². The number of hydrogen-bond donors (Lipinski definition) is 1. The molecule has 6 heteroatoms. The normalized spacial score (nSPS) is 11.0. The smallest absolute Gasteiger partial charge is 0.295 e. The Balaban J connectivity index is 1.51. The van der Waals surface area contributed by atoms with Crippen LogP contribution in [0.25, 0.3) is 16.8 Å². The lowest BCUT2D eigenvalue weighted by atomic mass is 10.2. The van der Waals surface area contributed by atoms with Crippen LogP contribution in [-0.2, 0) is 6.54 Å². The van der Waals surface area contributed by atoms with Gasteiger partial charge in [0, 0.05) is 18.9 Å². The van der Waals surface area contributed by atoms with E-state index in [1.54, 1.807) is 29.4 Å². The largest absolute Gasteiger partial charge is 0.424 e. The third-order valence-corrected chi connectivity index (χ3v) is 3.53. The third-order valence-electron chi connectivity index (χ3n) is 3.53. The predicted molar refractivity (Wildman–Crippen MR) is 84.9 cm³/mol. The summed E-state index contributed by atoms with van der Waals surface area (Å²) in [5.74, 6) is -0.306. The molecule has 2 aromatic carbocycles. The van der Waals surface area contributed by atoms with Gasteiger partial charge >= 0.3 is 0 Å². The fourth-order valence-corrected chi connectivity index (χ4v) is 2.40. The second-order valence-electron chi connectivity index (χ2n) is 5.10. The Morgan fingerprint density at radius 3 is 2.87 bits per heavy atom. The van der Waals surface area contributed by atoms with Crippen LogP contribution in [0.15, 0.2) is 65.6 Å². The van der Waals surface area contributed by atoms with Crippen molar-refractivity contribution in [3.05, 3.63) is 72.6 Å². The molecule has 0 amide bonds. The molecule has 0 bridgehead atoms. The van der Waals surface area contributed by atoms with E-state index in [1.807, 2.05) is 30.3 Å². The Labute approximate surface area is 131 Å². The summed E-state index contributed by atoms with van der Waals surface area (Å²) in [5.41, 5.74) is 2.77. The van der Waals surface area contributed by atoms with E-state index in [-0.39, 0.29) is 5.82 Å². The Morgan fingerprint density at radius 2 is 2.09 bits per heavy atom. The fraction of sp³-hybridized carbons (Fsp3) is 0.0588. The first-order valence-electron chi connectivity index (χ1n) is 7.16. The molecule has 0 aliphatic rings. The van der Waals surface area contributed by atoms with Crippen LogP contribution in [0.1, 0.15) is 5.56 Å². The van der Waals surface area contributed by atoms with Crippen molar-refractivity contribution < 1.29 is 8.81 Å². The molecule has 0 saturated heterocycles. The lowest BCUT2D eigenvalue weighted by Gasteiger charge is -2.07. The van der Waals surface area contributed by atoms with Gasteiger partial charge in [-0.1, -0.05) is 18.2 Å². The maximum absolute atomic E-state index is 14.2. The molecule has 4 aromatic rings. The van der Waals surface area contributed by atoms with Gasteiger partial charge in [-0.3, -0.25) is 0 Å². The molecule has 5 nitrogen and oxygen atoms in total. The number of rotatable bonds is 4. The number of para-hydroxylation sites is 2. The molecule has 2 aromatic heterocycles. The lowest BCUT2D eigenvalue weighted by molar-refractivity contribution is 0.609. The van der Waals surface area contributed by atoms with E-state index >= 15 is 0 Å². The van der Waals surface area contributed by atoms with Gasteiger partial charge < -0.3 is 14.3 Å². The summed E-state index contributed by atoms with van der Waals surface area (Å²) in [5, 5.41) is 3.07. The number of hydrogen-bond acceptors (Lipinski definition) is 4. The van der Waals surface area contributed by atoms with E-state index in [1.165, 1.54) is 6.07 Å². The maximum atomic E-state index is 14.2. The third kappa shape index (κ3) is 2.66. The number of anilines is 1. The molecule has 2 heterocycles. The standard InChI is InChI=1S/C17H13FN4O/c18-13-9-12(5-6-15(13)22-8-7-19-11-22)10-20-17-21-14-3-1-2-4-16(14)23-17/h1-9,11H,10H2,(H,20,21). The van der Waals surface area contributed by atoms with E-state index in [2.05, 4.69) is 15.3 Å². The molecule has 0 fully saturated rings. The second kappa shape index (κ2) is 5.57. The second-order valence-corrected chi connectivity index (χ2v) is 5.10. The fourth-order valence-electron chi connectivity index (χ4n) is 2.40. The molecule has 0 atom stereocenters. The van der Waals surface area contributed by atoms with Crippen LogP contribution in [0.4, 0.5) is 10.4 Å². The number of aromatic nitrogens is 3. The molecule has 0 radical (unpaired) electrons. The summed E-state index contributed by atoms with van der Waals surface area (Å²) < 4.78 is 21.4. The van der Waals surface area contributed by atoms with Crippen molar-refractivity contribution in [1.29, 1.82) is 0 Å². The van der Waals surface area contributed by atoms with Gasteiger partial charge in [0.15, 0.2) is 5.58 Å². The van der Waals surface area contributed by atoms with Crippen molar-refractivity contribution >= 4 is 17.1 Å². The highest BCUT2D eigenvalue weighted by Gasteiger charge is 2.07. The lowest BCUT2D eigenvalue weighted by Crippen LogP contribution is -2.02. The van der Waals surface area contributed by atoms with Gasteiger partial charge in [-0.05, 0) is 29.8 Å². The number of nitrogens with zero attached hydrogens (tertiary/aromatic N) is 3. The van der Waals surface area contributed by atoms with Gasteiger partial charge in [0.25, 0.3) is 6.01 Å². The van der Waals surface area contributed by atoms with Crippen LogP contribution in [0.3, 0.4) is 0 Å². The van der Waals surface area contributed by atoms with E-state index in [0.29, 0.717) is 18.2 Å². The zero-order valence-corrected chi connectivity index (χ0v) is 12.1. The Morgan fingerprint density at radius 1 is 1.17 bits per heavy atom. The molecule has 1 N–H and O–H groups in total. The minimum atomic E-state index is -0.306. The minimum Gasteiger partial charge on any atom is -0.424 e. The molecule has 23 heavy (non-hydrogen) atoms. The number of oxazole rings is 1. The summed E-state index contributed by atoms with van der Waals surface area (Å²) in [4.78, 5) is 8.25. The van der Waals surface area contributed by atoms with Gasteiger partial charge in [-0.25, -0.2) is 9.37 Å². The van der Waals surface area contributed by atoms with Crippen molar-refractivity contribution in [2.24, 2.45) is 0 Å². The van der Waals surface area contributed by atoms with Gasteiger partial charge in [0.2, 0.25) is 0 Å². The maximum Gasteiger partial charge on any atom is 0.295 e. The molecular weight excluding hydrogens is 295 g/mol. The molecule has 114 valence electrons. The topological polar surface area (TPSA) is 55.9 Å². The van der Waals surface area contributed by atoms with E-state index in [0.717, 1.165) is 16.7 Å². The monoisotopic (exact) mass is 308 g/mol. The zero-order valence-electron chi connectivity index (χ0n) is 12.1. The summed E-state index contributed by atoms with van der Waals surface area (Å²) in [6, 6.07) is 13.0. The van der Waals surface area contributed by atoms with Crippen LogP contribution in [0.2, 0.25) is 0 Å². The first-order valence-corrected chi connectivity index (χ1v) is 7.16. The van der Waals surface area contributed by atoms with Gasteiger partial charge in [-0.15, -0.1) is 0 Å². The van der Waals surface area contributed by atoms with Crippen molar-refractivity contribution in [2.75, 3.05) is 5.32 Å². The Hall–Kier alpha value is -3.15. The minimum absolute atomic E-state index is 0.306. The summed E-state index contributed by atoms with van der Waals surface area (Å²) in [6.07, 6.45) is 4.88. The van der Waals surface area contributed by atoms with Crippen molar-refractivity contribution in [3.63, 3.8) is 0 Å². The van der Waals surface area contributed by atoms with E-state index in [9.17, 15) is 4.39 Å². The quantitative estimate of drug-likeness (QED) is 0.623. The van der Waals surface area contributed by atoms with Crippen LogP contribution >= 0.6 is 0 Å². The van der Waals surface area contributed by atoms with Gasteiger partial charge in [0.1, 0.15) is 11.3 Å². The molecule has 0 unspecified atom stereocenters. The van der Waals surface area contributed by atoms with Gasteiger partial charge in [0.05, 0.1) is 12.0 Å². The van der Waals surface area contributed by atoms with Crippen LogP contribution in [-0.4, -0.2) is 14.5 Å². The molecule has 0 aliphatic carbocycles. The predicted octanol–water partition coefficient (Wildman–Crippen LogP) is 3.76. The van der Waals surface area contributed by atoms with Crippen LogP contribution in [0.5, 0.6) is 0 Å². The van der Waals surface area contributed by atoms with Crippen LogP contribution < -0.4 is 5.32 Å². The highest BCUT2D eigenvalue weighted by Crippen LogP contribution is 2.20. The average molecular weight is 308 g/mol. The average Bonchev–Trinajstić information content (AvgIpc) is 3.22. The number of nitrogens with one attached hydrogen (secondary N) is 1. The van der Waals surface area contributed by atoms with Crippen molar-refractivity contribution in [1.82, 2.24) is 14.5 Å². The van der Waals surface area contributed by atoms with E-state index in [4.69, 9.17) is 4.42 Å². The molecule has 0 spiro atoms. The number of fused-ring (bicyclic) bond motifs is 1. The molecule has 4 rings (SSSR count). The SMILES string of the molecule is Fc1cc(CNc2nc3ccccc3o2)ccc1-n1ccnc1. The van der Waals surface area contributed by atoms with Crippen molar-refractivity contribution in [3.8, 4) is 5.69 Å².